The summed E-state index contributed by atoms with van der Waals surface area (Å²) in [7, 11) is 0. The van der Waals surface area contributed by atoms with Crippen LogP contribution in [-0.4, -0.2) is 46.8 Å². The van der Waals surface area contributed by atoms with Gasteiger partial charge in [0, 0.05) is 43.9 Å². The van der Waals surface area contributed by atoms with Crippen LogP contribution in [0.25, 0.3) is 0 Å². The minimum absolute atomic E-state index is 0.131. The summed E-state index contributed by atoms with van der Waals surface area (Å²) in [5, 5.41) is 2.58. The Morgan fingerprint density at radius 1 is 1.05 bits per heavy atom. The van der Waals surface area contributed by atoms with Gasteiger partial charge in [-0.3, -0.25) is 0 Å². The minimum atomic E-state index is -4.69. The standard InChI is InChI=1S/C25H28F6N8/c1-14-4-3-11-39(14)22-35-18-8-13-38(21-17(25(29,30)31)5-2-10-34-21)12-7-15(18)19(36-22)23(33)9-6-16(20(32)37-23)24(26,27)28/h2,5-6,9-10,14,37H,3-4,7-8,11-13,32-33H2,1H3. The van der Waals surface area contributed by atoms with Crippen LogP contribution in [0.1, 0.15) is 42.3 Å². The van der Waals surface area contributed by atoms with Crippen LogP contribution >= 0.6 is 0 Å². The van der Waals surface area contributed by atoms with Gasteiger partial charge in [0.05, 0.1) is 22.5 Å². The number of aromatic nitrogens is 3. The van der Waals surface area contributed by atoms with Gasteiger partial charge in [-0.25, -0.2) is 15.0 Å². The zero-order valence-electron chi connectivity index (χ0n) is 21.1. The molecule has 0 aliphatic carbocycles. The largest absolute Gasteiger partial charge is 0.419 e. The van der Waals surface area contributed by atoms with Gasteiger partial charge in [0.15, 0.2) is 5.66 Å². The molecule has 1 fully saturated rings. The van der Waals surface area contributed by atoms with Crippen molar-refractivity contribution in [2.45, 2.75) is 56.7 Å². The first-order valence-corrected chi connectivity index (χ1v) is 12.6. The van der Waals surface area contributed by atoms with E-state index in [2.05, 4.69) is 10.3 Å². The van der Waals surface area contributed by atoms with Crippen molar-refractivity contribution < 1.29 is 26.3 Å². The number of hydrogen-bond donors (Lipinski definition) is 3. The number of nitrogens with one attached hydrogen (secondary N) is 1. The quantitative estimate of drug-likeness (QED) is 0.495. The van der Waals surface area contributed by atoms with Crippen molar-refractivity contribution in [3.8, 4) is 0 Å². The van der Waals surface area contributed by atoms with Crippen molar-refractivity contribution in [3.05, 3.63) is 64.4 Å². The van der Waals surface area contributed by atoms with E-state index in [-0.39, 0.29) is 43.5 Å². The predicted molar refractivity (Wildman–Crippen MR) is 132 cm³/mol. The molecule has 2 unspecified atom stereocenters. The third kappa shape index (κ3) is 5.09. The molecule has 14 heteroatoms. The van der Waals surface area contributed by atoms with Gasteiger partial charge in [0.1, 0.15) is 11.6 Å². The second-order valence-electron chi connectivity index (χ2n) is 9.99. The summed E-state index contributed by atoms with van der Waals surface area (Å²) in [5.41, 5.74) is 10.1. The molecule has 0 bridgehead atoms. The highest BCUT2D eigenvalue weighted by Crippen LogP contribution is 2.38. The maximum atomic E-state index is 13.7. The normalized spacial score (nSPS) is 24.1. The maximum absolute atomic E-state index is 13.7. The van der Waals surface area contributed by atoms with Gasteiger partial charge in [-0.2, -0.15) is 26.3 Å². The number of halogens is 6. The topological polar surface area (TPSA) is 109 Å². The molecule has 210 valence electrons. The third-order valence-corrected chi connectivity index (χ3v) is 7.37. The number of nitrogens with zero attached hydrogens (tertiary/aromatic N) is 5. The molecular formula is C25H28F6N8. The van der Waals surface area contributed by atoms with Gasteiger partial charge < -0.3 is 26.6 Å². The molecule has 3 aliphatic rings. The molecule has 0 aromatic carbocycles. The Morgan fingerprint density at radius 3 is 2.44 bits per heavy atom. The zero-order valence-corrected chi connectivity index (χ0v) is 21.1. The summed E-state index contributed by atoms with van der Waals surface area (Å²) in [6.45, 7) is 3.05. The fourth-order valence-corrected chi connectivity index (χ4v) is 5.39. The number of dihydropyridines is 1. The second kappa shape index (κ2) is 9.57. The van der Waals surface area contributed by atoms with E-state index in [1.807, 2.05) is 11.8 Å². The molecular weight excluding hydrogens is 526 g/mol. The Bertz CT molecular complexity index is 1320. The molecule has 0 saturated carbocycles. The number of fused-ring (bicyclic) bond motifs is 1. The predicted octanol–water partition coefficient (Wildman–Crippen LogP) is 3.49. The van der Waals surface area contributed by atoms with Gasteiger partial charge in [-0.1, -0.05) is 0 Å². The zero-order chi connectivity index (χ0) is 28.2. The Balaban J connectivity index is 1.57. The number of pyridine rings is 1. The smallest absolute Gasteiger partial charge is 0.385 e. The van der Waals surface area contributed by atoms with Crippen LogP contribution in [0.2, 0.25) is 0 Å². The first-order chi connectivity index (χ1) is 18.3. The summed E-state index contributed by atoms with van der Waals surface area (Å²) in [4.78, 5) is 17.1. The lowest BCUT2D eigenvalue weighted by molar-refractivity contribution is -0.137. The highest BCUT2D eigenvalue weighted by atomic mass is 19.4. The number of hydrogen-bond acceptors (Lipinski definition) is 8. The summed E-state index contributed by atoms with van der Waals surface area (Å²) < 4.78 is 81.4. The summed E-state index contributed by atoms with van der Waals surface area (Å²) in [5.74, 6) is -0.462. The number of nitrogens with two attached hydrogens (primary N) is 2. The Kier molecular flexibility index (Phi) is 6.64. The van der Waals surface area contributed by atoms with Crippen molar-refractivity contribution in [1.82, 2.24) is 20.3 Å². The number of rotatable bonds is 3. The van der Waals surface area contributed by atoms with Crippen LogP contribution in [0, 0.1) is 0 Å². The molecule has 5 N–H and O–H groups in total. The third-order valence-electron chi connectivity index (χ3n) is 7.37. The van der Waals surface area contributed by atoms with E-state index in [0.717, 1.165) is 31.1 Å². The monoisotopic (exact) mass is 554 g/mol. The van der Waals surface area contributed by atoms with E-state index in [1.54, 1.807) is 0 Å². The van der Waals surface area contributed by atoms with Crippen molar-refractivity contribution in [3.63, 3.8) is 0 Å². The first kappa shape index (κ1) is 27.0. The van der Waals surface area contributed by atoms with Crippen LogP contribution < -0.4 is 26.6 Å². The number of anilines is 2. The molecule has 0 amide bonds. The van der Waals surface area contributed by atoms with Gasteiger partial charge >= 0.3 is 12.4 Å². The van der Waals surface area contributed by atoms with E-state index in [1.165, 1.54) is 17.2 Å². The van der Waals surface area contributed by atoms with Gasteiger partial charge in [-0.05, 0) is 50.5 Å². The lowest BCUT2D eigenvalue weighted by Gasteiger charge is -2.35. The van der Waals surface area contributed by atoms with Gasteiger partial charge in [-0.15, -0.1) is 0 Å². The van der Waals surface area contributed by atoms with E-state index < -0.39 is 35.0 Å². The van der Waals surface area contributed by atoms with Crippen molar-refractivity contribution >= 4 is 11.8 Å². The van der Waals surface area contributed by atoms with Gasteiger partial charge in [0.2, 0.25) is 5.95 Å². The van der Waals surface area contributed by atoms with E-state index in [4.69, 9.17) is 21.4 Å². The van der Waals surface area contributed by atoms with E-state index in [9.17, 15) is 26.3 Å². The SMILES string of the molecule is CC1CCCN1c1nc2c(c(C3(N)C=CC(C(F)(F)F)=C(N)N3)n1)CCN(c1ncccc1C(F)(F)F)CC2. The minimum Gasteiger partial charge on any atom is -0.385 e. The molecule has 39 heavy (non-hydrogen) atoms. The average molecular weight is 555 g/mol. The summed E-state index contributed by atoms with van der Waals surface area (Å²) in [6, 6.07) is 2.35. The van der Waals surface area contributed by atoms with Crippen LogP contribution in [0.5, 0.6) is 0 Å². The fourth-order valence-electron chi connectivity index (χ4n) is 5.39. The molecule has 2 aromatic rings. The molecule has 2 aromatic heterocycles. The van der Waals surface area contributed by atoms with Crippen LogP contribution in [0.15, 0.2) is 41.9 Å². The average Bonchev–Trinajstić information content (AvgIpc) is 3.16. The number of allylic oxidation sites excluding steroid dienone is 2. The molecule has 0 spiro atoms. The lowest BCUT2D eigenvalue weighted by atomic mass is 9.93. The highest BCUT2D eigenvalue weighted by Gasteiger charge is 2.42. The molecule has 3 aliphatic heterocycles. The Hall–Kier alpha value is -3.55. The van der Waals surface area contributed by atoms with Crippen molar-refractivity contribution in [2.24, 2.45) is 11.5 Å². The van der Waals surface area contributed by atoms with E-state index in [0.29, 0.717) is 23.8 Å². The number of alkyl halides is 6. The molecule has 8 nitrogen and oxygen atoms in total. The molecule has 0 radical (unpaired) electrons. The van der Waals surface area contributed by atoms with Gasteiger partial charge in [0.25, 0.3) is 0 Å². The maximum Gasteiger partial charge on any atom is 0.419 e. The first-order valence-electron chi connectivity index (χ1n) is 12.6. The second-order valence-corrected chi connectivity index (χ2v) is 9.99. The molecule has 5 rings (SSSR count). The Morgan fingerprint density at radius 2 is 1.79 bits per heavy atom. The lowest BCUT2D eigenvalue weighted by Crippen LogP contribution is -2.54. The highest BCUT2D eigenvalue weighted by molar-refractivity contribution is 5.51. The van der Waals surface area contributed by atoms with E-state index >= 15 is 0 Å². The molecule has 2 atom stereocenters. The van der Waals surface area contributed by atoms with Crippen molar-refractivity contribution in [1.29, 1.82) is 0 Å². The van der Waals surface area contributed by atoms with Crippen molar-refractivity contribution in [2.75, 3.05) is 29.4 Å². The molecule has 1 saturated heterocycles. The molecule has 5 heterocycles. The van der Waals surface area contributed by atoms with Crippen LogP contribution in [0.4, 0.5) is 38.1 Å². The van der Waals surface area contributed by atoms with Crippen LogP contribution in [-0.2, 0) is 24.7 Å². The fraction of sp³-hybridized carbons (Fsp3) is 0.480. The van der Waals surface area contributed by atoms with Crippen LogP contribution in [0.3, 0.4) is 0 Å². The Labute approximate surface area is 220 Å². The summed E-state index contributed by atoms with van der Waals surface area (Å²) in [6.07, 6.45) is -3.70. The summed E-state index contributed by atoms with van der Waals surface area (Å²) >= 11 is 0.